The number of carboxylic acids is 1. The lowest BCUT2D eigenvalue weighted by atomic mass is 10.2. The molecule has 0 rings (SSSR count). The molecule has 46 heavy (non-hydrogen) atoms. The van der Waals surface area contributed by atoms with E-state index in [1.165, 1.54) is 0 Å². The monoisotopic (exact) mass is 672 g/mol. The summed E-state index contributed by atoms with van der Waals surface area (Å²) in [5, 5.41) is 8.54. The standard InChI is InChI=1S/C31H60O15/c1-29(2)45-27-25-43-23-21-41-19-17-39-15-13-37-11-9-35-7-8-36-10-12-38-14-16-40-18-20-42-22-24-44-26-28-46-31(34)6-4-3-5-30(32)33/h29H,3-28H2,1-2H3,(H,32,33). The van der Waals surface area contributed by atoms with Crippen LogP contribution in [-0.4, -0.2) is 169 Å². The number of carboxylic acid groups (broad SMARTS) is 1. The summed E-state index contributed by atoms with van der Waals surface area (Å²) in [6.07, 6.45) is 1.46. The third-order valence-electron chi connectivity index (χ3n) is 5.54. The molecule has 0 aliphatic rings. The first kappa shape index (κ1) is 44.5. The van der Waals surface area contributed by atoms with E-state index in [4.69, 9.17) is 61.9 Å². The zero-order chi connectivity index (χ0) is 33.6. The second kappa shape index (κ2) is 38.0. The van der Waals surface area contributed by atoms with Gasteiger partial charge in [-0.1, -0.05) is 0 Å². The van der Waals surface area contributed by atoms with E-state index in [0.29, 0.717) is 145 Å². The van der Waals surface area contributed by atoms with Gasteiger partial charge in [0.05, 0.1) is 145 Å². The fraction of sp³-hybridized carbons (Fsp3) is 0.935. The molecule has 0 unspecified atom stereocenters. The fourth-order valence-electron chi connectivity index (χ4n) is 3.26. The lowest BCUT2D eigenvalue weighted by molar-refractivity contribution is -0.146. The molecule has 0 aliphatic heterocycles. The number of hydrogen-bond donors (Lipinski definition) is 1. The van der Waals surface area contributed by atoms with Crippen LogP contribution >= 0.6 is 0 Å². The summed E-state index contributed by atoms with van der Waals surface area (Å²) in [4.78, 5) is 21.9. The molecule has 0 saturated carbocycles. The Morgan fingerprint density at radius 3 is 0.957 bits per heavy atom. The van der Waals surface area contributed by atoms with E-state index in [9.17, 15) is 9.59 Å². The Morgan fingerprint density at radius 2 is 0.674 bits per heavy atom. The quantitative estimate of drug-likeness (QED) is 0.0741. The minimum atomic E-state index is -0.863. The molecule has 0 saturated heterocycles. The number of aliphatic carboxylic acids is 1. The summed E-state index contributed by atoms with van der Waals surface area (Å²) >= 11 is 0. The molecule has 0 aromatic heterocycles. The van der Waals surface area contributed by atoms with E-state index in [0.717, 1.165) is 0 Å². The van der Waals surface area contributed by atoms with Gasteiger partial charge in [0.2, 0.25) is 0 Å². The van der Waals surface area contributed by atoms with Gasteiger partial charge < -0.3 is 61.9 Å². The predicted octanol–water partition coefficient (Wildman–Crippen LogP) is 1.77. The number of carbonyl (C=O) groups is 2. The average Bonchev–Trinajstić information content (AvgIpc) is 3.03. The molecule has 0 amide bonds. The summed E-state index contributed by atoms with van der Waals surface area (Å²) < 4.78 is 64.7. The highest BCUT2D eigenvalue weighted by Gasteiger charge is 2.04. The Labute approximate surface area is 274 Å². The molecule has 15 nitrogen and oxygen atoms in total. The van der Waals surface area contributed by atoms with Crippen LogP contribution in [0.2, 0.25) is 0 Å². The van der Waals surface area contributed by atoms with Crippen molar-refractivity contribution in [3.8, 4) is 0 Å². The second-order valence-corrected chi connectivity index (χ2v) is 9.86. The summed E-state index contributed by atoms with van der Waals surface area (Å²) in [6, 6.07) is 0. The van der Waals surface area contributed by atoms with Crippen LogP contribution in [0.3, 0.4) is 0 Å². The molecule has 0 spiro atoms. The molecular weight excluding hydrogens is 612 g/mol. The topological polar surface area (TPSA) is 165 Å². The molecule has 0 aromatic carbocycles. The fourth-order valence-corrected chi connectivity index (χ4v) is 3.26. The Kier molecular flexibility index (Phi) is 36.7. The lowest BCUT2D eigenvalue weighted by Gasteiger charge is -2.09. The van der Waals surface area contributed by atoms with E-state index in [1.54, 1.807) is 0 Å². The molecule has 0 bridgehead atoms. The van der Waals surface area contributed by atoms with Gasteiger partial charge in [0, 0.05) is 12.8 Å². The highest BCUT2D eigenvalue weighted by Crippen LogP contribution is 2.01. The van der Waals surface area contributed by atoms with Crippen LogP contribution in [0.5, 0.6) is 0 Å². The van der Waals surface area contributed by atoms with Gasteiger partial charge in [-0.2, -0.15) is 0 Å². The zero-order valence-corrected chi connectivity index (χ0v) is 28.1. The first-order valence-corrected chi connectivity index (χ1v) is 16.3. The number of hydrogen-bond acceptors (Lipinski definition) is 14. The normalized spacial score (nSPS) is 11.5. The maximum absolute atomic E-state index is 11.5. The van der Waals surface area contributed by atoms with Crippen LogP contribution in [0.1, 0.15) is 39.5 Å². The number of esters is 1. The van der Waals surface area contributed by atoms with Gasteiger partial charge in [-0.25, -0.2) is 0 Å². The molecule has 0 aromatic rings. The van der Waals surface area contributed by atoms with Gasteiger partial charge in [0.25, 0.3) is 0 Å². The predicted molar refractivity (Wildman–Crippen MR) is 166 cm³/mol. The van der Waals surface area contributed by atoms with Crippen LogP contribution in [0.15, 0.2) is 0 Å². The van der Waals surface area contributed by atoms with Crippen molar-refractivity contribution < 1.29 is 71.5 Å². The SMILES string of the molecule is CC(C)OCCOCCOCCOCCOCCOCCOCCOCCOCCOCCOCCOC(=O)CCCCC(=O)O. The van der Waals surface area contributed by atoms with E-state index < -0.39 is 5.97 Å². The van der Waals surface area contributed by atoms with E-state index >= 15 is 0 Å². The van der Waals surface area contributed by atoms with Gasteiger partial charge in [0.15, 0.2) is 0 Å². The van der Waals surface area contributed by atoms with Crippen molar-refractivity contribution in [2.45, 2.75) is 45.6 Å². The Balaban J connectivity index is 3.10. The number of rotatable bonds is 39. The molecule has 0 atom stereocenters. The summed E-state index contributed by atoms with van der Waals surface area (Å²) in [5.41, 5.74) is 0. The highest BCUT2D eigenvalue weighted by molar-refractivity contribution is 5.69. The van der Waals surface area contributed by atoms with Gasteiger partial charge in [-0.05, 0) is 26.7 Å². The summed E-state index contributed by atoms with van der Waals surface area (Å²) in [6.45, 7) is 14.3. The Morgan fingerprint density at radius 1 is 0.413 bits per heavy atom. The van der Waals surface area contributed by atoms with Crippen LogP contribution in [-0.2, 0) is 66.4 Å². The summed E-state index contributed by atoms with van der Waals surface area (Å²) in [7, 11) is 0. The van der Waals surface area contributed by atoms with Gasteiger partial charge in [0.1, 0.15) is 6.61 Å². The minimum Gasteiger partial charge on any atom is -0.481 e. The molecule has 1 N–H and O–H groups in total. The molecule has 0 aliphatic carbocycles. The molecule has 0 fully saturated rings. The van der Waals surface area contributed by atoms with Crippen molar-refractivity contribution >= 4 is 11.9 Å². The molecule has 0 radical (unpaired) electrons. The number of carbonyl (C=O) groups excluding carboxylic acids is 1. The van der Waals surface area contributed by atoms with Crippen molar-refractivity contribution in [2.24, 2.45) is 0 Å². The molecule has 15 heteroatoms. The van der Waals surface area contributed by atoms with E-state index in [-0.39, 0.29) is 38.1 Å². The third kappa shape index (κ3) is 40.5. The van der Waals surface area contributed by atoms with Crippen molar-refractivity contribution in [3.05, 3.63) is 0 Å². The van der Waals surface area contributed by atoms with Crippen LogP contribution < -0.4 is 0 Å². The lowest BCUT2D eigenvalue weighted by Crippen LogP contribution is -2.16. The first-order chi connectivity index (χ1) is 22.5. The highest BCUT2D eigenvalue weighted by atomic mass is 16.6. The van der Waals surface area contributed by atoms with Crippen LogP contribution in [0.25, 0.3) is 0 Å². The first-order valence-electron chi connectivity index (χ1n) is 16.3. The van der Waals surface area contributed by atoms with Gasteiger partial charge >= 0.3 is 11.9 Å². The van der Waals surface area contributed by atoms with Gasteiger partial charge in [-0.15, -0.1) is 0 Å². The zero-order valence-electron chi connectivity index (χ0n) is 28.1. The molecular formula is C31H60O15. The van der Waals surface area contributed by atoms with Crippen LogP contribution in [0.4, 0.5) is 0 Å². The third-order valence-corrected chi connectivity index (χ3v) is 5.54. The van der Waals surface area contributed by atoms with Gasteiger partial charge in [-0.3, -0.25) is 9.59 Å². The van der Waals surface area contributed by atoms with Crippen molar-refractivity contribution in [1.82, 2.24) is 0 Å². The smallest absolute Gasteiger partial charge is 0.305 e. The van der Waals surface area contributed by atoms with Crippen molar-refractivity contribution in [2.75, 3.05) is 145 Å². The van der Waals surface area contributed by atoms with Crippen molar-refractivity contribution in [3.63, 3.8) is 0 Å². The minimum absolute atomic E-state index is 0.0604. The summed E-state index contributed by atoms with van der Waals surface area (Å²) in [5.74, 6) is -1.21. The maximum Gasteiger partial charge on any atom is 0.305 e. The average molecular weight is 673 g/mol. The second-order valence-electron chi connectivity index (χ2n) is 9.86. The maximum atomic E-state index is 11.5. The van der Waals surface area contributed by atoms with Crippen LogP contribution in [0, 0.1) is 0 Å². The van der Waals surface area contributed by atoms with Crippen molar-refractivity contribution in [1.29, 1.82) is 0 Å². The Hall–Kier alpha value is -1.50. The van der Waals surface area contributed by atoms with E-state index in [2.05, 4.69) is 0 Å². The molecule has 0 heterocycles. The molecule has 274 valence electrons. The number of unbranched alkanes of at least 4 members (excludes halogenated alkanes) is 1. The number of ether oxygens (including phenoxy) is 12. The largest absolute Gasteiger partial charge is 0.481 e. The van der Waals surface area contributed by atoms with E-state index in [1.807, 2.05) is 13.8 Å². The Bertz CT molecular complexity index is 639.